The molecule has 234 valence electrons. The third-order valence-corrected chi connectivity index (χ3v) is 9.84. The number of benzene rings is 1. The average molecular weight is 596 g/mol. The van der Waals surface area contributed by atoms with E-state index in [9.17, 15) is 9.59 Å². The number of allylic oxidation sites excluding steroid dienone is 1. The number of morpholine rings is 1. The molecular weight excluding hydrogens is 550 g/mol. The highest BCUT2D eigenvalue weighted by atomic mass is 16.5. The van der Waals surface area contributed by atoms with Crippen LogP contribution in [0.2, 0.25) is 0 Å². The topological polar surface area (TPSA) is 117 Å². The number of nitrogens with zero attached hydrogens (tertiary/aromatic N) is 5. The van der Waals surface area contributed by atoms with Gasteiger partial charge in [-0.3, -0.25) is 30.5 Å². The third-order valence-electron chi connectivity index (χ3n) is 9.84. The van der Waals surface area contributed by atoms with Crippen LogP contribution in [0, 0.1) is 5.92 Å². The Hall–Kier alpha value is -2.94. The zero-order valence-electron chi connectivity index (χ0n) is 25.2. The van der Waals surface area contributed by atoms with Crippen LogP contribution >= 0.6 is 0 Å². The first kappa shape index (κ1) is 28.8. The second-order valence-corrected chi connectivity index (χ2v) is 12.5. The van der Waals surface area contributed by atoms with Crippen molar-refractivity contribution in [2.75, 3.05) is 83.3 Å². The quantitative estimate of drug-likeness (QED) is 0.341. The highest BCUT2D eigenvalue weighted by Gasteiger charge is 2.53. The molecule has 2 amide bonds. The van der Waals surface area contributed by atoms with Gasteiger partial charge in [-0.25, -0.2) is 0 Å². The molecule has 4 N–H and O–H groups in total. The van der Waals surface area contributed by atoms with E-state index in [1.54, 1.807) is 7.11 Å². The number of piperazine rings is 1. The van der Waals surface area contributed by atoms with Crippen LogP contribution in [0.5, 0.6) is 5.75 Å². The molecule has 6 atom stereocenters. The molecule has 7 rings (SSSR count). The third kappa shape index (κ3) is 5.58. The van der Waals surface area contributed by atoms with Gasteiger partial charge in [-0.2, -0.15) is 5.01 Å². The van der Waals surface area contributed by atoms with E-state index in [2.05, 4.69) is 61.3 Å². The number of likely N-dealkylation sites (N-methyl/N-ethyl adjacent to an activating group) is 1. The molecule has 43 heavy (non-hydrogen) atoms. The number of hydrogen-bond acceptors (Lipinski definition) is 11. The number of carbonyl (C=O) groups is 2. The number of methoxy groups -OCH3 is 1. The molecular formula is C30H45N9O4. The van der Waals surface area contributed by atoms with Gasteiger partial charge >= 0.3 is 0 Å². The molecule has 1 aromatic rings. The Kier molecular flexibility index (Phi) is 8.18. The summed E-state index contributed by atoms with van der Waals surface area (Å²) in [6, 6.07) is 6.20. The largest absolute Gasteiger partial charge is 0.495 e. The molecule has 1 aromatic carbocycles. The molecule has 0 saturated carbocycles. The SMILES string of the molecule is COc1ccc(NC2NCC3C(=O)N4C/C=C\CCCN5C(=O)COC6NCC(CC65)N4C3N2)cc1N1CCN(C)CC1. The van der Waals surface area contributed by atoms with Crippen molar-refractivity contribution in [3.8, 4) is 5.75 Å². The minimum Gasteiger partial charge on any atom is -0.495 e. The second kappa shape index (κ2) is 12.2. The Bertz CT molecular complexity index is 1220. The Balaban J connectivity index is 1.11. The predicted octanol–water partition coefficient (Wildman–Crippen LogP) is -0.398. The molecule has 6 heterocycles. The van der Waals surface area contributed by atoms with Gasteiger partial charge in [0, 0.05) is 57.5 Å². The van der Waals surface area contributed by atoms with E-state index < -0.39 is 0 Å². The summed E-state index contributed by atoms with van der Waals surface area (Å²) >= 11 is 0. The number of rotatable bonds is 4. The van der Waals surface area contributed by atoms with Gasteiger partial charge in [0.05, 0.1) is 37.5 Å². The molecule has 5 fully saturated rings. The highest BCUT2D eigenvalue weighted by molar-refractivity contribution is 5.82. The highest BCUT2D eigenvalue weighted by Crippen LogP contribution is 2.35. The summed E-state index contributed by atoms with van der Waals surface area (Å²) in [5.41, 5.74) is 2.06. The summed E-state index contributed by atoms with van der Waals surface area (Å²) in [4.78, 5) is 33.4. The van der Waals surface area contributed by atoms with E-state index in [1.165, 1.54) is 0 Å². The maximum absolute atomic E-state index is 13.8. The number of amides is 2. The minimum atomic E-state index is -0.236. The van der Waals surface area contributed by atoms with Crippen LogP contribution in [0.4, 0.5) is 11.4 Å². The molecule has 13 heteroatoms. The molecule has 0 spiro atoms. The fourth-order valence-corrected chi connectivity index (χ4v) is 7.51. The van der Waals surface area contributed by atoms with Crippen LogP contribution in [0.3, 0.4) is 0 Å². The van der Waals surface area contributed by atoms with Crippen LogP contribution in [0.25, 0.3) is 0 Å². The average Bonchev–Trinajstić information content (AvgIpc) is 3.29. The standard InChI is InChI=1S/C30H45N9O4/c1-35-11-13-36(14-12-35)23-15-20(7-8-25(23)42-2)33-30-32-18-22-27(34-30)39-21-16-24-28(31-17-21)43-19-26(40)37(24)9-5-3-4-6-10-38(39)29(22)41/h4,6-8,15,21-22,24,27-28,30-34H,3,5,9-14,16-19H2,1-2H3/b6-4-. The number of piperidine rings is 1. The fourth-order valence-electron chi connectivity index (χ4n) is 7.51. The van der Waals surface area contributed by atoms with Gasteiger partial charge < -0.3 is 29.5 Å². The van der Waals surface area contributed by atoms with Gasteiger partial charge in [-0.15, -0.1) is 0 Å². The van der Waals surface area contributed by atoms with Crippen LogP contribution in [0.1, 0.15) is 19.3 Å². The Morgan fingerprint density at radius 2 is 1.91 bits per heavy atom. The number of nitrogens with one attached hydrogen (secondary N) is 4. The van der Waals surface area contributed by atoms with Crippen molar-refractivity contribution in [3.63, 3.8) is 0 Å². The van der Waals surface area contributed by atoms with Gasteiger partial charge in [-0.05, 0) is 44.5 Å². The van der Waals surface area contributed by atoms with Crippen molar-refractivity contribution in [2.24, 2.45) is 5.92 Å². The number of hydrazine groups is 1. The molecule has 0 aromatic heterocycles. The number of hydrogen-bond donors (Lipinski definition) is 4. The normalized spacial score (nSPS) is 34.6. The summed E-state index contributed by atoms with van der Waals surface area (Å²) in [7, 11) is 3.88. The van der Waals surface area contributed by atoms with Crippen molar-refractivity contribution in [1.82, 2.24) is 35.8 Å². The van der Waals surface area contributed by atoms with Gasteiger partial charge in [-0.1, -0.05) is 12.2 Å². The maximum Gasteiger partial charge on any atom is 0.249 e. The van der Waals surface area contributed by atoms with Gasteiger partial charge in [0.1, 0.15) is 24.9 Å². The minimum absolute atomic E-state index is 0.0288. The molecule has 5 saturated heterocycles. The molecule has 6 aliphatic heterocycles. The fraction of sp³-hybridized carbons (Fsp3) is 0.667. The Morgan fingerprint density at radius 1 is 1.05 bits per heavy atom. The summed E-state index contributed by atoms with van der Waals surface area (Å²) in [5.74, 6) is 0.830. The van der Waals surface area contributed by atoms with Crippen molar-refractivity contribution in [2.45, 2.75) is 50.0 Å². The first-order valence-electron chi connectivity index (χ1n) is 15.8. The Labute approximate surface area is 253 Å². The molecule has 6 aliphatic rings. The lowest BCUT2D eigenvalue weighted by atomic mass is 9.95. The lowest BCUT2D eigenvalue weighted by Gasteiger charge is -2.50. The van der Waals surface area contributed by atoms with Crippen LogP contribution in [-0.2, 0) is 14.3 Å². The first-order chi connectivity index (χ1) is 21.0. The maximum atomic E-state index is 13.8. The molecule has 6 unspecified atom stereocenters. The summed E-state index contributed by atoms with van der Waals surface area (Å²) in [6.07, 6.45) is 6.17. The number of ether oxygens (including phenoxy) is 2. The van der Waals surface area contributed by atoms with Gasteiger partial charge in [0.2, 0.25) is 11.8 Å². The van der Waals surface area contributed by atoms with Crippen LogP contribution in [-0.4, -0.2) is 136 Å². The number of anilines is 2. The van der Waals surface area contributed by atoms with E-state index in [0.717, 1.165) is 69.1 Å². The molecule has 0 radical (unpaired) electrons. The van der Waals surface area contributed by atoms with E-state index in [-0.39, 0.29) is 55.1 Å². The van der Waals surface area contributed by atoms with Crippen molar-refractivity contribution >= 4 is 23.2 Å². The lowest BCUT2D eigenvalue weighted by molar-refractivity contribution is -0.172. The van der Waals surface area contributed by atoms with Gasteiger partial charge in [0.25, 0.3) is 0 Å². The van der Waals surface area contributed by atoms with Crippen LogP contribution in [0.15, 0.2) is 30.4 Å². The van der Waals surface area contributed by atoms with E-state index in [1.807, 2.05) is 22.0 Å². The monoisotopic (exact) mass is 595 g/mol. The molecule has 2 bridgehead atoms. The van der Waals surface area contributed by atoms with Crippen molar-refractivity contribution < 1.29 is 19.1 Å². The van der Waals surface area contributed by atoms with E-state index in [4.69, 9.17) is 9.47 Å². The van der Waals surface area contributed by atoms with Gasteiger partial charge in [0.15, 0.2) is 0 Å². The molecule has 0 aliphatic carbocycles. The summed E-state index contributed by atoms with van der Waals surface area (Å²) < 4.78 is 11.6. The number of fused-ring (bicyclic) bond motifs is 5. The summed E-state index contributed by atoms with van der Waals surface area (Å²) in [6.45, 7) is 6.56. The number of carbonyl (C=O) groups excluding carboxylic acids is 2. The lowest BCUT2D eigenvalue weighted by Crippen LogP contribution is -2.70. The second-order valence-electron chi connectivity index (χ2n) is 12.5. The van der Waals surface area contributed by atoms with Crippen LogP contribution < -0.4 is 30.9 Å². The zero-order valence-corrected chi connectivity index (χ0v) is 25.2. The van der Waals surface area contributed by atoms with Crippen molar-refractivity contribution in [3.05, 3.63) is 30.4 Å². The van der Waals surface area contributed by atoms with E-state index in [0.29, 0.717) is 19.6 Å². The zero-order chi connectivity index (χ0) is 29.5. The first-order valence-corrected chi connectivity index (χ1v) is 15.8. The van der Waals surface area contributed by atoms with Crippen molar-refractivity contribution in [1.29, 1.82) is 0 Å². The molecule has 13 nitrogen and oxygen atoms in total. The predicted molar refractivity (Wildman–Crippen MR) is 162 cm³/mol. The smallest absolute Gasteiger partial charge is 0.249 e. The van der Waals surface area contributed by atoms with E-state index >= 15 is 0 Å². The summed E-state index contributed by atoms with van der Waals surface area (Å²) in [5, 5.41) is 18.6. The Morgan fingerprint density at radius 3 is 2.74 bits per heavy atom.